The molecule has 2 aromatic carbocycles. The fourth-order valence-electron chi connectivity index (χ4n) is 2.51. The molecule has 1 aromatic heterocycles. The minimum Gasteiger partial charge on any atom is -0.497 e. The molecule has 8 nitrogen and oxygen atoms in total. The third-order valence-corrected chi connectivity index (χ3v) is 4.14. The molecule has 30 heavy (non-hydrogen) atoms. The van der Waals surface area contributed by atoms with E-state index in [1.165, 1.54) is 31.4 Å². The Kier molecular flexibility index (Phi) is 5.92. The number of ether oxygens (including phenoxy) is 1. The number of aromatic nitrogens is 3. The molecule has 1 heterocycles. The number of nitrogens with zero attached hydrogens (tertiary/aromatic N) is 4. The van der Waals surface area contributed by atoms with E-state index in [9.17, 15) is 23.3 Å². The summed E-state index contributed by atoms with van der Waals surface area (Å²) in [5.41, 5.74) is -0.309. The van der Waals surface area contributed by atoms with Crippen LogP contribution in [-0.2, 0) is 6.18 Å². The second-order valence-electron chi connectivity index (χ2n) is 5.82. The number of nitro groups is 1. The van der Waals surface area contributed by atoms with Crippen LogP contribution in [0.4, 0.5) is 18.9 Å². The van der Waals surface area contributed by atoms with Crippen molar-refractivity contribution in [1.82, 2.24) is 14.8 Å². The predicted molar refractivity (Wildman–Crippen MR) is 103 cm³/mol. The van der Waals surface area contributed by atoms with Crippen molar-refractivity contribution in [2.24, 2.45) is 0 Å². The first-order valence-corrected chi connectivity index (χ1v) is 8.62. The number of benzene rings is 2. The van der Waals surface area contributed by atoms with Crippen LogP contribution in [0.15, 0.2) is 54.7 Å². The van der Waals surface area contributed by atoms with Gasteiger partial charge in [-0.25, -0.2) is 0 Å². The first-order valence-electron chi connectivity index (χ1n) is 8.25. The number of hydrogen-bond acceptors (Lipinski definition) is 6. The Bertz CT molecular complexity index is 1080. The molecular formula is C18H13ClF3N5O3. The van der Waals surface area contributed by atoms with E-state index in [0.717, 1.165) is 6.20 Å². The zero-order valence-corrected chi connectivity index (χ0v) is 16.0. The smallest absolute Gasteiger partial charge is 0.452 e. The Morgan fingerprint density at radius 1 is 1.17 bits per heavy atom. The number of rotatable bonds is 6. The Labute approximate surface area is 172 Å². The Morgan fingerprint density at radius 2 is 1.80 bits per heavy atom. The topological polar surface area (TPSA) is 95.1 Å². The Morgan fingerprint density at radius 3 is 2.33 bits per heavy atom. The normalized spacial score (nSPS) is 12.0. The van der Waals surface area contributed by atoms with Crippen LogP contribution in [0.2, 0.25) is 5.02 Å². The van der Waals surface area contributed by atoms with Gasteiger partial charge in [0, 0.05) is 16.4 Å². The van der Waals surface area contributed by atoms with E-state index in [1.54, 1.807) is 24.3 Å². The van der Waals surface area contributed by atoms with Crippen molar-refractivity contribution in [3.8, 4) is 11.4 Å². The molecule has 156 valence electrons. The SMILES string of the molecule is COc1ccc(NC=C(c2nnc(C(F)(F)F)n2-c2ccc(Cl)cc2)[N+](=O)[O-])cc1. The molecule has 0 saturated carbocycles. The standard InChI is InChI=1S/C18H13ClF3N5O3/c1-30-14-8-4-12(5-9-14)23-10-15(27(28)29)16-24-25-17(18(20,21)22)26(16)13-6-2-11(19)3-7-13/h2-10,23H,1H3. The molecule has 0 fully saturated rings. The van der Waals surface area contributed by atoms with E-state index in [0.29, 0.717) is 16.0 Å². The van der Waals surface area contributed by atoms with E-state index in [-0.39, 0.29) is 10.7 Å². The van der Waals surface area contributed by atoms with Crippen molar-refractivity contribution in [2.75, 3.05) is 12.4 Å². The third kappa shape index (κ3) is 4.51. The minimum atomic E-state index is -4.89. The van der Waals surface area contributed by atoms with E-state index >= 15 is 0 Å². The highest BCUT2D eigenvalue weighted by molar-refractivity contribution is 6.30. The average molecular weight is 440 g/mol. The molecule has 0 aliphatic rings. The van der Waals surface area contributed by atoms with Gasteiger partial charge in [-0.3, -0.25) is 14.7 Å². The lowest BCUT2D eigenvalue weighted by molar-refractivity contribution is -0.376. The summed E-state index contributed by atoms with van der Waals surface area (Å²) >= 11 is 5.79. The summed E-state index contributed by atoms with van der Waals surface area (Å²) in [5, 5.41) is 21.1. The Hall–Kier alpha value is -3.60. The van der Waals surface area contributed by atoms with Gasteiger partial charge in [0.15, 0.2) is 0 Å². The molecule has 0 aliphatic carbocycles. The van der Waals surface area contributed by atoms with E-state index in [2.05, 4.69) is 15.5 Å². The number of methoxy groups -OCH3 is 1. The van der Waals surface area contributed by atoms with Crippen LogP contribution in [0.5, 0.6) is 5.75 Å². The van der Waals surface area contributed by atoms with Gasteiger partial charge in [0.1, 0.15) is 5.75 Å². The first kappa shape index (κ1) is 21.1. The highest BCUT2D eigenvalue weighted by Gasteiger charge is 2.41. The van der Waals surface area contributed by atoms with Crippen molar-refractivity contribution < 1.29 is 22.8 Å². The summed E-state index contributed by atoms with van der Waals surface area (Å²) in [6, 6.07) is 11.6. The van der Waals surface area contributed by atoms with Gasteiger partial charge in [-0.1, -0.05) is 11.6 Å². The third-order valence-electron chi connectivity index (χ3n) is 3.89. The number of alkyl halides is 3. The van der Waals surface area contributed by atoms with Gasteiger partial charge < -0.3 is 10.1 Å². The van der Waals surface area contributed by atoms with Crippen LogP contribution < -0.4 is 10.1 Å². The quantitative estimate of drug-likeness (QED) is 0.444. The van der Waals surface area contributed by atoms with E-state index in [1.807, 2.05) is 0 Å². The van der Waals surface area contributed by atoms with Crippen molar-refractivity contribution in [1.29, 1.82) is 0 Å². The minimum absolute atomic E-state index is 0.0380. The molecule has 1 N–H and O–H groups in total. The van der Waals surface area contributed by atoms with Crippen LogP contribution in [-0.4, -0.2) is 26.8 Å². The van der Waals surface area contributed by atoms with Gasteiger partial charge in [0.25, 0.3) is 0 Å². The molecule has 0 bridgehead atoms. The first-order chi connectivity index (χ1) is 14.2. The second kappa shape index (κ2) is 8.41. The maximum Gasteiger partial charge on any atom is 0.452 e. The zero-order chi connectivity index (χ0) is 21.9. The molecule has 0 radical (unpaired) electrons. The molecule has 0 spiro atoms. The fourth-order valence-corrected chi connectivity index (χ4v) is 2.63. The molecule has 3 aromatic rings. The molecule has 0 amide bonds. The summed E-state index contributed by atoms with van der Waals surface area (Å²) in [7, 11) is 1.48. The summed E-state index contributed by atoms with van der Waals surface area (Å²) in [6.07, 6.45) is -3.95. The van der Waals surface area contributed by atoms with Gasteiger partial charge in [0.2, 0.25) is 11.6 Å². The van der Waals surface area contributed by atoms with Crippen molar-refractivity contribution in [3.05, 3.63) is 81.5 Å². The van der Waals surface area contributed by atoms with Gasteiger partial charge in [0.05, 0.1) is 18.2 Å². The van der Waals surface area contributed by atoms with Crippen molar-refractivity contribution in [3.63, 3.8) is 0 Å². The van der Waals surface area contributed by atoms with Crippen LogP contribution in [0.3, 0.4) is 0 Å². The fraction of sp³-hybridized carbons (Fsp3) is 0.111. The van der Waals surface area contributed by atoms with Crippen LogP contribution in [0.25, 0.3) is 11.4 Å². The maximum atomic E-state index is 13.4. The molecule has 0 saturated heterocycles. The van der Waals surface area contributed by atoms with Gasteiger partial charge >= 0.3 is 11.9 Å². The van der Waals surface area contributed by atoms with Gasteiger partial charge in [-0.2, -0.15) is 13.2 Å². The molecule has 12 heteroatoms. The lowest BCUT2D eigenvalue weighted by Gasteiger charge is -2.11. The average Bonchev–Trinajstić information content (AvgIpc) is 3.14. The van der Waals surface area contributed by atoms with E-state index < -0.39 is 28.4 Å². The highest BCUT2D eigenvalue weighted by Crippen LogP contribution is 2.32. The molecule has 3 rings (SSSR count). The number of halogens is 4. The number of nitrogens with one attached hydrogen (secondary N) is 1. The number of anilines is 1. The molecule has 0 unspecified atom stereocenters. The largest absolute Gasteiger partial charge is 0.497 e. The Balaban J connectivity index is 2.09. The molecular weight excluding hydrogens is 427 g/mol. The van der Waals surface area contributed by atoms with Gasteiger partial charge in [-0.05, 0) is 48.5 Å². The van der Waals surface area contributed by atoms with Crippen LogP contribution in [0.1, 0.15) is 11.6 Å². The summed E-state index contributed by atoms with van der Waals surface area (Å²) < 4.78 is 45.9. The van der Waals surface area contributed by atoms with Crippen LogP contribution in [0, 0.1) is 10.1 Å². The lowest BCUT2D eigenvalue weighted by atomic mass is 10.3. The zero-order valence-electron chi connectivity index (χ0n) is 15.2. The molecule has 0 aliphatic heterocycles. The monoisotopic (exact) mass is 439 g/mol. The number of hydrogen-bond donors (Lipinski definition) is 1. The lowest BCUT2D eigenvalue weighted by Crippen LogP contribution is -2.16. The maximum absolute atomic E-state index is 13.4. The van der Waals surface area contributed by atoms with Gasteiger partial charge in [-0.15, -0.1) is 10.2 Å². The summed E-state index contributed by atoms with van der Waals surface area (Å²) in [5.74, 6) is -1.44. The van der Waals surface area contributed by atoms with Crippen molar-refractivity contribution in [2.45, 2.75) is 6.18 Å². The van der Waals surface area contributed by atoms with Crippen LogP contribution >= 0.6 is 11.6 Å². The second-order valence-corrected chi connectivity index (χ2v) is 6.25. The predicted octanol–water partition coefficient (Wildman–Crippen LogP) is 4.64. The van der Waals surface area contributed by atoms with Crippen molar-refractivity contribution >= 4 is 23.0 Å². The highest BCUT2D eigenvalue weighted by atomic mass is 35.5. The summed E-state index contributed by atoms with van der Waals surface area (Å²) in [4.78, 5) is 10.8. The molecule has 0 atom stereocenters. The van der Waals surface area contributed by atoms with E-state index in [4.69, 9.17) is 16.3 Å². The summed E-state index contributed by atoms with van der Waals surface area (Å²) in [6.45, 7) is 0.